The first kappa shape index (κ1) is 15.0. The van der Waals surface area contributed by atoms with Gasteiger partial charge in [0.15, 0.2) is 0 Å². The van der Waals surface area contributed by atoms with Gasteiger partial charge >= 0.3 is 0 Å². The maximum absolute atomic E-state index is 12.1. The zero-order valence-corrected chi connectivity index (χ0v) is 12.8. The molecule has 110 valence electrons. The summed E-state index contributed by atoms with van der Waals surface area (Å²) in [5.74, 6) is 0.0926. The Morgan fingerprint density at radius 1 is 1.25 bits per heavy atom. The van der Waals surface area contributed by atoms with Gasteiger partial charge in [-0.1, -0.05) is 51.1 Å². The van der Waals surface area contributed by atoms with E-state index in [4.69, 9.17) is 0 Å². The van der Waals surface area contributed by atoms with Gasteiger partial charge in [-0.2, -0.15) is 0 Å². The van der Waals surface area contributed by atoms with Crippen LogP contribution in [0.3, 0.4) is 0 Å². The van der Waals surface area contributed by atoms with Crippen LogP contribution in [0, 0.1) is 5.41 Å². The molecule has 1 unspecified atom stereocenters. The molecule has 1 aliphatic rings. The summed E-state index contributed by atoms with van der Waals surface area (Å²) in [7, 11) is 0. The van der Waals surface area contributed by atoms with Crippen molar-refractivity contribution in [1.82, 2.24) is 10.6 Å². The molecule has 1 amide bonds. The molecule has 3 nitrogen and oxygen atoms in total. The van der Waals surface area contributed by atoms with Crippen molar-refractivity contribution in [2.75, 3.05) is 6.54 Å². The van der Waals surface area contributed by atoms with Crippen LogP contribution in [0.4, 0.5) is 0 Å². The van der Waals surface area contributed by atoms with Crippen LogP contribution >= 0.6 is 0 Å². The van der Waals surface area contributed by atoms with Crippen LogP contribution in [0.1, 0.15) is 51.6 Å². The summed E-state index contributed by atoms with van der Waals surface area (Å²) in [5, 5.41) is 6.44. The molecule has 2 N–H and O–H groups in total. The van der Waals surface area contributed by atoms with E-state index >= 15 is 0 Å². The summed E-state index contributed by atoms with van der Waals surface area (Å²) in [5.41, 5.74) is 1.36. The molecule has 1 fully saturated rings. The highest BCUT2D eigenvalue weighted by Gasteiger charge is 2.24. The molecule has 1 aromatic carbocycles. The number of carbonyl (C=O) groups excluding carboxylic acids is 1. The highest BCUT2D eigenvalue weighted by molar-refractivity contribution is 5.78. The third-order valence-corrected chi connectivity index (χ3v) is 3.48. The minimum absolute atomic E-state index is 0.0877. The summed E-state index contributed by atoms with van der Waals surface area (Å²) >= 11 is 0. The minimum Gasteiger partial charge on any atom is -0.348 e. The van der Waals surface area contributed by atoms with Crippen LogP contribution in [-0.4, -0.2) is 18.5 Å². The smallest absolute Gasteiger partial charge is 0.234 e. The van der Waals surface area contributed by atoms with E-state index in [9.17, 15) is 4.79 Å². The second-order valence-electron chi connectivity index (χ2n) is 6.95. The van der Waals surface area contributed by atoms with E-state index in [0.717, 1.165) is 6.42 Å². The van der Waals surface area contributed by atoms with E-state index in [0.29, 0.717) is 12.6 Å². The normalized spacial score (nSPS) is 16.8. The molecule has 20 heavy (non-hydrogen) atoms. The van der Waals surface area contributed by atoms with Crippen LogP contribution in [0.25, 0.3) is 0 Å². The maximum Gasteiger partial charge on any atom is 0.234 e. The van der Waals surface area contributed by atoms with Crippen molar-refractivity contribution >= 4 is 5.91 Å². The predicted octanol–water partition coefficient (Wildman–Crippen LogP) is 3.03. The fourth-order valence-electron chi connectivity index (χ4n) is 2.32. The zero-order valence-electron chi connectivity index (χ0n) is 12.8. The van der Waals surface area contributed by atoms with E-state index < -0.39 is 0 Å². The summed E-state index contributed by atoms with van der Waals surface area (Å²) in [6.07, 6.45) is 3.35. The van der Waals surface area contributed by atoms with E-state index in [1.165, 1.54) is 18.4 Å². The lowest BCUT2D eigenvalue weighted by Gasteiger charge is -2.27. The van der Waals surface area contributed by atoms with E-state index in [2.05, 4.69) is 43.5 Å². The van der Waals surface area contributed by atoms with Gasteiger partial charge < -0.3 is 10.6 Å². The largest absolute Gasteiger partial charge is 0.348 e. The van der Waals surface area contributed by atoms with Crippen LogP contribution in [0.2, 0.25) is 0 Å². The molecular formula is C17H26N2O. The Hall–Kier alpha value is -1.35. The third kappa shape index (κ3) is 5.33. The molecule has 0 bridgehead atoms. The number of rotatable bonds is 6. The highest BCUT2D eigenvalue weighted by atomic mass is 16.2. The fraction of sp³-hybridized carbons (Fsp3) is 0.588. The van der Waals surface area contributed by atoms with Gasteiger partial charge in [-0.05, 0) is 30.2 Å². The van der Waals surface area contributed by atoms with Gasteiger partial charge in [0.05, 0.1) is 12.6 Å². The number of benzene rings is 1. The minimum atomic E-state index is 0.0877. The molecule has 1 atom stereocenters. The Balaban J connectivity index is 1.96. The monoisotopic (exact) mass is 274 g/mol. The van der Waals surface area contributed by atoms with Gasteiger partial charge in [0.2, 0.25) is 5.91 Å². The average Bonchev–Trinajstić information content (AvgIpc) is 3.19. The van der Waals surface area contributed by atoms with Crippen LogP contribution in [-0.2, 0) is 4.79 Å². The number of hydrogen-bond acceptors (Lipinski definition) is 2. The lowest BCUT2D eigenvalue weighted by atomic mass is 9.85. The van der Waals surface area contributed by atoms with Crippen molar-refractivity contribution in [2.45, 2.75) is 52.1 Å². The second kappa shape index (κ2) is 6.40. The molecule has 1 aliphatic carbocycles. The first-order chi connectivity index (χ1) is 9.44. The number of hydrogen-bond donors (Lipinski definition) is 2. The summed E-state index contributed by atoms with van der Waals surface area (Å²) < 4.78 is 0. The molecular weight excluding hydrogens is 248 g/mol. The van der Waals surface area contributed by atoms with Crippen molar-refractivity contribution in [3.63, 3.8) is 0 Å². The quantitative estimate of drug-likeness (QED) is 0.837. The molecule has 1 aromatic rings. The van der Waals surface area contributed by atoms with Crippen LogP contribution < -0.4 is 10.6 Å². The lowest BCUT2D eigenvalue weighted by molar-refractivity contribution is -0.121. The molecule has 0 aromatic heterocycles. The lowest BCUT2D eigenvalue weighted by Crippen LogP contribution is -2.38. The number of amides is 1. The molecule has 3 heteroatoms. The fourth-order valence-corrected chi connectivity index (χ4v) is 2.32. The van der Waals surface area contributed by atoms with Gasteiger partial charge in [-0.15, -0.1) is 0 Å². The topological polar surface area (TPSA) is 41.1 Å². The first-order valence-corrected chi connectivity index (χ1v) is 7.52. The Morgan fingerprint density at radius 2 is 1.90 bits per heavy atom. The van der Waals surface area contributed by atoms with Crippen molar-refractivity contribution in [3.05, 3.63) is 35.9 Å². The van der Waals surface area contributed by atoms with Crippen molar-refractivity contribution in [1.29, 1.82) is 0 Å². The standard InChI is InChI=1S/C17H26N2O/c1-17(2,3)11-15(13-7-5-4-6-8-13)19-16(20)12-18-14-9-10-14/h4-8,14-15,18H,9-12H2,1-3H3,(H,19,20). The SMILES string of the molecule is CC(C)(C)CC(NC(=O)CNC1CC1)c1ccccc1. The van der Waals surface area contributed by atoms with Crippen molar-refractivity contribution < 1.29 is 4.79 Å². The van der Waals surface area contributed by atoms with Gasteiger partial charge in [0, 0.05) is 6.04 Å². The van der Waals surface area contributed by atoms with Gasteiger partial charge in [-0.25, -0.2) is 0 Å². The van der Waals surface area contributed by atoms with Crippen LogP contribution in [0.15, 0.2) is 30.3 Å². The Labute approximate surface area is 122 Å². The van der Waals surface area contributed by atoms with Gasteiger partial charge in [0.25, 0.3) is 0 Å². The predicted molar refractivity (Wildman–Crippen MR) is 82.4 cm³/mol. The maximum atomic E-state index is 12.1. The number of carbonyl (C=O) groups is 1. The summed E-state index contributed by atoms with van der Waals surface area (Å²) in [6.45, 7) is 7.05. The van der Waals surface area contributed by atoms with E-state index in [1.807, 2.05) is 18.2 Å². The first-order valence-electron chi connectivity index (χ1n) is 7.52. The Bertz CT molecular complexity index is 432. The molecule has 2 rings (SSSR count). The summed E-state index contributed by atoms with van der Waals surface area (Å²) in [4.78, 5) is 12.1. The molecule has 0 aliphatic heterocycles. The molecule has 0 radical (unpaired) electrons. The average molecular weight is 274 g/mol. The molecule has 1 saturated carbocycles. The Morgan fingerprint density at radius 3 is 2.45 bits per heavy atom. The van der Waals surface area contributed by atoms with Gasteiger partial charge in [-0.3, -0.25) is 4.79 Å². The molecule has 0 spiro atoms. The molecule has 0 heterocycles. The molecule has 0 saturated heterocycles. The van der Waals surface area contributed by atoms with E-state index in [1.54, 1.807) is 0 Å². The zero-order chi connectivity index (χ0) is 14.6. The van der Waals surface area contributed by atoms with E-state index in [-0.39, 0.29) is 17.4 Å². The third-order valence-electron chi connectivity index (χ3n) is 3.48. The highest BCUT2D eigenvalue weighted by Crippen LogP contribution is 2.29. The van der Waals surface area contributed by atoms with Crippen molar-refractivity contribution in [2.24, 2.45) is 5.41 Å². The van der Waals surface area contributed by atoms with Crippen LogP contribution in [0.5, 0.6) is 0 Å². The van der Waals surface area contributed by atoms with Gasteiger partial charge in [0.1, 0.15) is 0 Å². The number of nitrogens with one attached hydrogen (secondary N) is 2. The van der Waals surface area contributed by atoms with Crippen molar-refractivity contribution in [3.8, 4) is 0 Å². The summed E-state index contributed by atoms with van der Waals surface area (Å²) in [6, 6.07) is 10.9. The Kier molecular flexibility index (Phi) is 4.81. The second-order valence-corrected chi connectivity index (χ2v) is 6.95.